The Morgan fingerprint density at radius 3 is 2.78 bits per heavy atom. The van der Waals surface area contributed by atoms with Gasteiger partial charge in [0.25, 0.3) is 5.88 Å². The second-order valence-electron chi connectivity index (χ2n) is 5.06. The molecule has 0 amide bonds. The number of rotatable bonds is 7. The SMILES string of the molecule is CC/C=C\C(=N)COc1cc(-c2c(C)noc2C)cnc1OC. The maximum absolute atomic E-state index is 7.83. The van der Waals surface area contributed by atoms with E-state index in [1.807, 2.05) is 32.9 Å². The molecule has 2 aromatic rings. The van der Waals surface area contributed by atoms with E-state index >= 15 is 0 Å². The number of hydrogen-bond acceptors (Lipinski definition) is 6. The van der Waals surface area contributed by atoms with Crippen molar-refractivity contribution >= 4 is 5.71 Å². The molecule has 0 aliphatic heterocycles. The van der Waals surface area contributed by atoms with E-state index < -0.39 is 0 Å². The molecule has 6 heteroatoms. The van der Waals surface area contributed by atoms with Crippen molar-refractivity contribution in [3.05, 3.63) is 35.9 Å². The Labute approximate surface area is 135 Å². The fraction of sp³-hybridized carbons (Fsp3) is 0.353. The van der Waals surface area contributed by atoms with Crippen molar-refractivity contribution in [2.75, 3.05) is 13.7 Å². The fourth-order valence-corrected chi connectivity index (χ4v) is 2.18. The molecule has 0 aliphatic rings. The minimum atomic E-state index is 0.152. The van der Waals surface area contributed by atoms with Gasteiger partial charge in [0.1, 0.15) is 12.4 Å². The van der Waals surface area contributed by atoms with Gasteiger partial charge in [0, 0.05) is 17.3 Å². The summed E-state index contributed by atoms with van der Waals surface area (Å²) in [7, 11) is 1.53. The number of aryl methyl sites for hydroxylation is 2. The molecule has 0 aromatic carbocycles. The molecule has 0 bridgehead atoms. The van der Waals surface area contributed by atoms with Crippen LogP contribution in [0.25, 0.3) is 11.1 Å². The van der Waals surface area contributed by atoms with E-state index in [0.29, 0.717) is 17.3 Å². The summed E-state index contributed by atoms with van der Waals surface area (Å²) in [5, 5.41) is 11.8. The quantitative estimate of drug-likeness (QED) is 0.787. The van der Waals surface area contributed by atoms with Gasteiger partial charge in [-0.05, 0) is 32.4 Å². The first-order valence-corrected chi connectivity index (χ1v) is 7.40. The van der Waals surface area contributed by atoms with Gasteiger partial charge in [0.05, 0.1) is 18.5 Å². The van der Waals surface area contributed by atoms with Crippen LogP contribution in [0.2, 0.25) is 0 Å². The normalized spacial score (nSPS) is 11.0. The second-order valence-corrected chi connectivity index (χ2v) is 5.06. The predicted octanol–water partition coefficient (Wildman–Crippen LogP) is 3.73. The number of nitrogens with zero attached hydrogens (tertiary/aromatic N) is 2. The Hall–Kier alpha value is -2.63. The van der Waals surface area contributed by atoms with Crippen LogP contribution >= 0.6 is 0 Å². The molecule has 2 aromatic heterocycles. The van der Waals surface area contributed by atoms with Gasteiger partial charge in [-0.3, -0.25) is 0 Å². The van der Waals surface area contributed by atoms with Crippen LogP contribution < -0.4 is 9.47 Å². The lowest BCUT2D eigenvalue weighted by Gasteiger charge is -2.11. The number of allylic oxidation sites excluding steroid dienone is 1. The highest BCUT2D eigenvalue weighted by atomic mass is 16.5. The number of aromatic nitrogens is 2. The fourth-order valence-electron chi connectivity index (χ4n) is 2.18. The molecule has 0 fully saturated rings. The van der Waals surface area contributed by atoms with Gasteiger partial charge in [0.15, 0.2) is 5.75 Å². The van der Waals surface area contributed by atoms with Crippen LogP contribution in [0.5, 0.6) is 11.6 Å². The Bertz CT molecular complexity index is 700. The van der Waals surface area contributed by atoms with E-state index in [-0.39, 0.29) is 6.61 Å². The van der Waals surface area contributed by atoms with Crippen molar-refractivity contribution in [3.63, 3.8) is 0 Å². The van der Waals surface area contributed by atoms with Gasteiger partial charge < -0.3 is 19.4 Å². The van der Waals surface area contributed by atoms with Crippen LogP contribution in [-0.2, 0) is 0 Å². The highest BCUT2D eigenvalue weighted by Gasteiger charge is 2.15. The maximum atomic E-state index is 7.83. The summed E-state index contributed by atoms with van der Waals surface area (Å²) in [5.41, 5.74) is 2.91. The van der Waals surface area contributed by atoms with Gasteiger partial charge in [-0.1, -0.05) is 18.2 Å². The monoisotopic (exact) mass is 315 g/mol. The average molecular weight is 315 g/mol. The number of pyridine rings is 1. The van der Waals surface area contributed by atoms with Crippen LogP contribution in [0.3, 0.4) is 0 Å². The van der Waals surface area contributed by atoms with Crippen LogP contribution in [0.1, 0.15) is 24.8 Å². The molecule has 0 radical (unpaired) electrons. The number of ether oxygens (including phenoxy) is 2. The van der Waals surface area contributed by atoms with Gasteiger partial charge in [-0.2, -0.15) is 0 Å². The summed E-state index contributed by atoms with van der Waals surface area (Å²) in [6.45, 7) is 5.90. The summed E-state index contributed by atoms with van der Waals surface area (Å²) in [6, 6.07) is 1.83. The van der Waals surface area contributed by atoms with Crippen LogP contribution in [0.4, 0.5) is 0 Å². The zero-order valence-electron chi connectivity index (χ0n) is 13.8. The Kier molecular flexibility index (Phi) is 5.51. The van der Waals surface area contributed by atoms with Crippen LogP contribution in [-0.4, -0.2) is 29.6 Å². The van der Waals surface area contributed by atoms with Gasteiger partial charge in [0.2, 0.25) is 0 Å². The van der Waals surface area contributed by atoms with E-state index in [2.05, 4.69) is 10.1 Å². The number of nitrogens with one attached hydrogen (secondary N) is 1. The first-order chi connectivity index (χ1) is 11.1. The maximum Gasteiger partial charge on any atom is 0.256 e. The molecule has 0 saturated carbocycles. The minimum absolute atomic E-state index is 0.152. The smallest absolute Gasteiger partial charge is 0.256 e. The molecule has 6 nitrogen and oxygen atoms in total. The molecular formula is C17H21N3O3. The topological polar surface area (TPSA) is 81.2 Å². The lowest BCUT2D eigenvalue weighted by atomic mass is 10.1. The van der Waals surface area contributed by atoms with Crippen molar-refractivity contribution in [2.45, 2.75) is 27.2 Å². The van der Waals surface area contributed by atoms with Crippen molar-refractivity contribution in [2.24, 2.45) is 0 Å². The molecule has 122 valence electrons. The minimum Gasteiger partial charge on any atom is -0.482 e. The lowest BCUT2D eigenvalue weighted by Crippen LogP contribution is -2.08. The van der Waals surface area contributed by atoms with Gasteiger partial charge >= 0.3 is 0 Å². The van der Waals surface area contributed by atoms with Crippen molar-refractivity contribution in [1.29, 1.82) is 5.41 Å². The lowest BCUT2D eigenvalue weighted by molar-refractivity contribution is 0.325. The summed E-state index contributed by atoms with van der Waals surface area (Å²) in [4.78, 5) is 4.27. The van der Waals surface area contributed by atoms with Crippen molar-refractivity contribution in [1.82, 2.24) is 10.1 Å². The molecule has 0 saturated heterocycles. The Morgan fingerprint density at radius 1 is 1.39 bits per heavy atom. The zero-order valence-corrected chi connectivity index (χ0v) is 13.8. The molecule has 0 atom stereocenters. The Balaban J connectivity index is 2.26. The molecule has 1 N–H and O–H groups in total. The summed E-state index contributed by atoms with van der Waals surface area (Å²) in [5.74, 6) is 1.59. The third-order valence-electron chi connectivity index (χ3n) is 3.27. The Morgan fingerprint density at radius 2 is 2.17 bits per heavy atom. The first-order valence-electron chi connectivity index (χ1n) is 7.40. The van der Waals surface area contributed by atoms with Gasteiger partial charge in [-0.25, -0.2) is 4.98 Å². The van der Waals surface area contributed by atoms with E-state index in [1.165, 1.54) is 7.11 Å². The second kappa shape index (κ2) is 7.58. The highest BCUT2D eigenvalue weighted by Crippen LogP contribution is 2.33. The largest absolute Gasteiger partial charge is 0.482 e. The van der Waals surface area contributed by atoms with E-state index in [1.54, 1.807) is 12.3 Å². The number of hydrogen-bond donors (Lipinski definition) is 1. The predicted molar refractivity (Wildman–Crippen MR) is 88.4 cm³/mol. The molecule has 23 heavy (non-hydrogen) atoms. The molecule has 0 spiro atoms. The van der Waals surface area contributed by atoms with Crippen molar-refractivity contribution < 1.29 is 14.0 Å². The molecular weight excluding hydrogens is 294 g/mol. The standard InChI is InChI=1S/C17H21N3O3/c1-5-6-7-14(18)10-22-15-8-13(9-19-17(15)21-4)16-11(2)20-23-12(16)3/h6-9,18H,5,10H2,1-4H3/b7-6-,18-14?. The van der Waals surface area contributed by atoms with Crippen LogP contribution in [0, 0.1) is 19.3 Å². The van der Waals surface area contributed by atoms with E-state index in [4.69, 9.17) is 19.4 Å². The summed E-state index contributed by atoms with van der Waals surface area (Å²) >= 11 is 0. The molecule has 2 heterocycles. The van der Waals surface area contributed by atoms with E-state index in [0.717, 1.165) is 29.0 Å². The van der Waals surface area contributed by atoms with E-state index in [9.17, 15) is 0 Å². The number of methoxy groups -OCH3 is 1. The summed E-state index contributed by atoms with van der Waals surface area (Å²) < 4.78 is 16.1. The third kappa shape index (κ3) is 3.97. The summed E-state index contributed by atoms with van der Waals surface area (Å²) in [6.07, 6.45) is 6.23. The molecule has 0 unspecified atom stereocenters. The molecule has 2 rings (SSSR count). The first kappa shape index (κ1) is 16.7. The molecule has 0 aliphatic carbocycles. The highest BCUT2D eigenvalue weighted by molar-refractivity contribution is 5.93. The van der Waals surface area contributed by atoms with Crippen molar-refractivity contribution in [3.8, 4) is 22.8 Å². The van der Waals surface area contributed by atoms with Crippen LogP contribution in [0.15, 0.2) is 28.9 Å². The average Bonchev–Trinajstić information content (AvgIpc) is 2.89. The zero-order chi connectivity index (χ0) is 16.8. The third-order valence-corrected chi connectivity index (χ3v) is 3.27. The van der Waals surface area contributed by atoms with Gasteiger partial charge in [-0.15, -0.1) is 0 Å².